The summed E-state index contributed by atoms with van der Waals surface area (Å²) in [5.74, 6) is 0.357. The highest BCUT2D eigenvalue weighted by molar-refractivity contribution is 6.03. The fourth-order valence-corrected chi connectivity index (χ4v) is 2.82. The van der Waals surface area contributed by atoms with Gasteiger partial charge in [-0.15, -0.1) is 5.10 Å². The maximum Gasteiger partial charge on any atom is 0.273 e. The fraction of sp³-hybridized carbons (Fsp3) is 0.250. The normalized spacial score (nSPS) is 11.7. The number of hydrogen-bond acceptors (Lipinski definition) is 5. The molecule has 1 amide bonds. The van der Waals surface area contributed by atoms with Gasteiger partial charge in [0.2, 0.25) is 0 Å². The van der Waals surface area contributed by atoms with Crippen molar-refractivity contribution in [1.29, 1.82) is 0 Å². The minimum atomic E-state index is -0.225. The molecule has 0 atom stereocenters. The molecule has 142 valence electrons. The minimum Gasteiger partial charge on any atom is -0.319 e. The third-order valence-electron chi connectivity index (χ3n) is 4.39. The van der Waals surface area contributed by atoms with Gasteiger partial charge in [-0.3, -0.25) is 14.5 Å². The Balaban J connectivity index is 1.60. The van der Waals surface area contributed by atoms with Crippen LogP contribution in [0.25, 0.3) is 17.0 Å². The average Bonchev–Trinajstić information content (AvgIpc) is 3.25. The van der Waals surface area contributed by atoms with Gasteiger partial charge in [-0.05, 0) is 30.3 Å². The Morgan fingerprint density at radius 3 is 2.64 bits per heavy atom. The van der Waals surface area contributed by atoms with Gasteiger partial charge in [0.15, 0.2) is 11.5 Å². The molecular formula is C20H21N7O. The summed E-state index contributed by atoms with van der Waals surface area (Å²) in [6.45, 7) is 6.19. The van der Waals surface area contributed by atoms with Gasteiger partial charge in [-0.1, -0.05) is 20.8 Å². The second-order valence-corrected chi connectivity index (χ2v) is 7.64. The number of rotatable bonds is 3. The van der Waals surface area contributed by atoms with Crippen LogP contribution >= 0.6 is 0 Å². The second-order valence-electron chi connectivity index (χ2n) is 7.64. The molecule has 4 heterocycles. The zero-order valence-electron chi connectivity index (χ0n) is 16.2. The summed E-state index contributed by atoms with van der Waals surface area (Å²) in [4.78, 5) is 21.3. The predicted molar refractivity (Wildman–Crippen MR) is 106 cm³/mol. The van der Waals surface area contributed by atoms with Crippen LogP contribution in [-0.4, -0.2) is 35.3 Å². The van der Waals surface area contributed by atoms with Crippen molar-refractivity contribution in [2.24, 2.45) is 7.05 Å². The van der Waals surface area contributed by atoms with E-state index >= 15 is 0 Å². The number of pyridine rings is 2. The number of amides is 1. The molecule has 8 nitrogen and oxygen atoms in total. The molecule has 0 saturated heterocycles. The number of anilines is 1. The van der Waals surface area contributed by atoms with E-state index in [0.717, 1.165) is 11.3 Å². The Labute approximate surface area is 162 Å². The highest BCUT2D eigenvalue weighted by Crippen LogP contribution is 2.22. The zero-order chi connectivity index (χ0) is 19.9. The summed E-state index contributed by atoms with van der Waals surface area (Å²) in [6.07, 6.45) is 5.16. The Kier molecular flexibility index (Phi) is 4.18. The Hall–Kier alpha value is -3.55. The number of nitrogens with zero attached hydrogens (tertiary/aromatic N) is 6. The van der Waals surface area contributed by atoms with E-state index in [1.54, 1.807) is 40.9 Å². The SMILES string of the molecule is Cn1nc(C(C)(C)C)cc1C(=O)Nc1ccc2nc(-c3cccnc3)nn2c1. The third kappa shape index (κ3) is 3.36. The minimum absolute atomic E-state index is 0.126. The highest BCUT2D eigenvalue weighted by Gasteiger charge is 2.22. The van der Waals surface area contributed by atoms with E-state index in [2.05, 4.69) is 46.3 Å². The maximum atomic E-state index is 12.7. The van der Waals surface area contributed by atoms with Crippen molar-refractivity contribution >= 4 is 17.2 Å². The van der Waals surface area contributed by atoms with E-state index in [9.17, 15) is 4.79 Å². The van der Waals surface area contributed by atoms with Crippen molar-refractivity contribution in [3.63, 3.8) is 0 Å². The summed E-state index contributed by atoms with van der Waals surface area (Å²) < 4.78 is 3.24. The number of fused-ring (bicyclic) bond motifs is 1. The molecule has 0 aliphatic rings. The van der Waals surface area contributed by atoms with Gasteiger partial charge in [0.1, 0.15) is 5.69 Å². The molecule has 0 fully saturated rings. The molecule has 4 aromatic rings. The van der Waals surface area contributed by atoms with Gasteiger partial charge in [0, 0.05) is 30.4 Å². The van der Waals surface area contributed by atoms with Crippen LogP contribution in [0, 0.1) is 0 Å². The smallest absolute Gasteiger partial charge is 0.273 e. The Morgan fingerprint density at radius 2 is 1.96 bits per heavy atom. The van der Waals surface area contributed by atoms with Crippen LogP contribution in [-0.2, 0) is 12.5 Å². The quantitative estimate of drug-likeness (QED) is 0.594. The van der Waals surface area contributed by atoms with Gasteiger partial charge in [-0.2, -0.15) is 5.10 Å². The standard InChI is InChI=1S/C20H21N7O/c1-20(2,3)16-10-15(26(4)24-16)19(28)22-14-7-8-17-23-18(25-27(17)12-14)13-6-5-9-21-11-13/h5-12H,1-4H3,(H,22,28). The van der Waals surface area contributed by atoms with E-state index in [1.165, 1.54) is 0 Å². The third-order valence-corrected chi connectivity index (χ3v) is 4.39. The molecule has 0 spiro atoms. The Morgan fingerprint density at radius 1 is 1.14 bits per heavy atom. The first kappa shape index (κ1) is 17.8. The van der Waals surface area contributed by atoms with Crippen LogP contribution in [0.3, 0.4) is 0 Å². The molecule has 0 aliphatic heterocycles. The van der Waals surface area contributed by atoms with Gasteiger partial charge < -0.3 is 5.32 Å². The van der Waals surface area contributed by atoms with Crippen LogP contribution in [0.1, 0.15) is 37.0 Å². The Bertz CT molecular complexity index is 1150. The molecule has 28 heavy (non-hydrogen) atoms. The molecule has 1 N–H and O–H groups in total. The van der Waals surface area contributed by atoms with Gasteiger partial charge in [0.25, 0.3) is 5.91 Å². The number of nitrogens with one attached hydrogen (secondary N) is 1. The first-order valence-electron chi connectivity index (χ1n) is 8.94. The topological polar surface area (TPSA) is 90.0 Å². The highest BCUT2D eigenvalue weighted by atomic mass is 16.2. The van der Waals surface area contributed by atoms with Crippen molar-refractivity contribution in [1.82, 2.24) is 29.4 Å². The molecular weight excluding hydrogens is 354 g/mol. The average molecular weight is 375 g/mol. The summed E-state index contributed by atoms with van der Waals surface area (Å²) in [5.41, 5.74) is 3.39. The lowest BCUT2D eigenvalue weighted by atomic mass is 9.92. The number of aromatic nitrogens is 6. The number of carbonyl (C=O) groups is 1. The lowest BCUT2D eigenvalue weighted by Crippen LogP contribution is -2.16. The van der Waals surface area contributed by atoms with Crippen LogP contribution in [0.15, 0.2) is 48.9 Å². The molecule has 8 heteroatoms. The van der Waals surface area contributed by atoms with E-state index in [4.69, 9.17) is 0 Å². The van der Waals surface area contributed by atoms with Crippen molar-refractivity contribution in [2.45, 2.75) is 26.2 Å². The van der Waals surface area contributed by atoms with Crippen LogP contribution < -0.4 is 5.32 Å². The summed E-state index contributed by atoms with van der Waals surface area (Å²) in [5, 5.41) is 11.8. The first-order chi connectivity index (χ1) is 13.3. The first-order valence-corrected chi connectivity index (χ1v) is 8.94. The van der Waals surface area contributed by atoms with E-state index in [-0.39, 0.29) is 11.3 Å². The molecule has 0 radical (unpaired) electrons. The van der Waals surface area contributed by atoms with Crippen molar-refractivity contribution in [3.8, 4) is 11.4 Å². The summed E-state index contributed by atoms with van der Waals surface area (Å²) in [7, 11) is 1.77. The zero-order valence-corrected chi connectivity index (χ0v) is 16.2. The monoisotopic (exact) mass is 375 g/mol. The van der Waals surface area contributed by atoms with E-state index in [0.29, 0.717) is 22.9 Å². The van der Waals surface area contributed by atoms with Crippen LogP contribution in [0.2, 0.25) is 0 Å². The number of aryl methyl sites for hydroxylation is 1. The summed E-state index contributed by atoms with van der Waals surface area (Å²) in [6, 6.07) is 9.18. The molecule has 0 aromatic carbocycles. The van der Waals surface area contributed by atoms with Crippen LogP contribution in [0.4, 0.5) is 5.69 Å². The lowest BCUT2D eigenvalue weighted by molar-refractivity contribution is 0.101. The van der Waals surface area contributed by atoms with Gasteiger partial charge in [-0.25, -0.2) is 9.50 Å². The maximum absolute atomic E-state index is 12.7. The molecule has 0 unspecified atom stereocenters. The fourth-order valence-electron chi connectivity index (χ4n) is 2.82. The van der Waals surface area contributed by atoms with Crippen LogP contribution in [0.5, 0.6) is 0 Å². The van der Waals surface area contributed by atoms with E-state index < -0.39 is 0 Å². The molecule has 0 saturated carbocycles. The van der Waals surface area contributed by atoms with E-state index in [1.807, 2.05) is 24.3 Å². The molecule has 0 aliphatic carbocycles. The van der Waals surface area contributed by atoms with Gasteiger partial charge >= 0.3 is 0 Å². The second kappa shape index (κ2) is 6.56. The van der Waals surface area contributed by atoms with Crippen molar-refractivity contribution < 1.29 is 4.79 Å². The van der Waals surface area contributed by atoms with Crippen molar-refractivity contribution in [3.05, 3.63) is 60.3 Å². The number of hydrogen-bond donors (Lipinski definition) is 1. The van der Waals surface area contributed by atoms with Crippen molar-refractivity contribution in [2.75, 3.05) is 5.32 Å². The molecule has 4 aromatic heterocycles. The summed E-state index contributed by atoms with van der Waals surface area (Å²) >= 11 is 0. The molecule has 4 rings (SSSR count). The number of carbonyl (C=O) groups excluding carboxylic acids is 1. The largest absolute Gasteiger partial charge is 0.319 e. The molecule has 0 bridgehead atoms. The van der Waals surface area contributed by atoms with Gasteiger partial charge in [0.05, 0.1) is 17.6 Å². The predicted octanol–water partition coefficient (Wildman–Crippen LogP) is 3.07. The lowest BCUT2D eigenvalue weighted by Gasteiger charge is -2.13.